The van der Waals surface area contributed by atoms with E-state index in [0.717, 1.165) is 22.4 Å². The van der Waals surface area contributed by atoms with Gasteiger partial charge in [0.1, 0.15) is 11.9 Å². The van der Waals surface area contributed by atoms with Crippen LogP contribution in [0.2, 0.25) is 0 Å². The van der Waals surface area contributed by atoms with Gasteiger partial charge in [0.2, 0.25) is 5.91 Å². The van der Waals surface area contributed by atoms with E-state index in [1.165, 1.54) is 12.1 Å². The first-order chi connectivity index (χ1) is 10.9. The second-order valence-electron chi connectivity index (χ2n) is 6.01. The zero-order valence-electron chi connectivity index (χ0n) is 14.1. The number of likely N-dealkylation sites (N-methyl/N-ethyl adjacent to an activating group) is 1. The molecular weight excluding hydrogens is 291 g/mol. The predicted molar refractivity (Wildman–Crippen MR) is 91.9 cm³/mol. The number of nitrogens with zero attached hydrogens (tertiary/aromatic N) is 1. The molecule has 1 N–H and O–H groups in total. The molecule has 0 fully saturated rings. The fourth-order valence-electron chi connectivity index (χ4n) is 2.50. The molecule has 23 heavy (non-hydrogen) atoms. The van der Waals surface area contributed by atoms with Crippen molar-refractivity contribution in [3.8, 4) is 0 Å². The number of carbonyl (C=O) groups is 1. The van der Waals surface area contributed by atoms with Crippen LogP contribution in [0.15, 0.2) is 42.5 Å². The van der Waals surface area contributed by atoms with Crippen molar-refractivity contribution in [2.24, 2.45) is 0 Å². The lowest BCUT2D eigenvalue weighted by molar-refractivity contribution is -0.130. The SMILES string of the molecule is Cc1ccc(C)c(N[C@H](C)C(=O)N(C)Cc2cccc(F)c2)c1. The maximum Gasteiger partial charge on any atom is 0.244 e. The highest BCUT2D eigenvalue weighted by Gasteiger charge is 2.18. The van der Waals surface area contributed by atoms with Gasteiger partial charge in [-0.15, -0.1) is 0 Å². The first-order valence-electron chi connectivity index (χ1n) is 7.70. The van der Waals surface area contributed by atoms with Crippen molar-refractivity contribution in [1.82, 2.24) is 4.90 Å². The number of halogens is 1. The van der Waals surface area contributed by atoms with E-state index >= 15 is 0 Å². The molecule has 0 unspecified atom stereocenters. The molecule has 0 aliphatic carbocycles. The van der Waals surface area contributed by atoms with Gasteiger partial charge in [0, 0.05) is 19.3 Å². The van der Waals surface area contributed by atoms with Gasteiger partial charge in [-0.1, -0.05) is 24.3 Å². The fourth-order valence-corrected chi connectivity index (χ4v) is 2.50. The molecule has 4 heteroatoms. The number of benzene rings is 2. The standard InChI is InChI=1S/C19H23FN2O/c1-13-8-9-14(2)18(10-13)21-15(3)19(23)22(4)12-16-6-5-7-17(20)11-16/h5-11,15,21H,12H2,1-4H3/t15-/m1/s1. The van der Waals surface area contributed by atoms with Crippen molar-refractivity contribution in [2.75, 3.05) is 12.4 Å². The average molecular weight is 314 g/mol. The van der Waals surface area contributed by atoms with Gasteiger partial charge in [-0.2, -0.15) is 0 Å². The van der Waals surface area contributed by atoms with Crippen LogP contribution in [0.3, 0.4) is 0 Å². The number of anilines is 1. The summed E-state index contributed by atoms with van der Waals surface area (Å²) in [5.74, 6) is -0.319. The van der Waals surface area contributed by atoms with E-state index < -0.39 is 0 Å². The summed E-state index contributed by atoms with van der Waals surface area (Å²) >= 11 is 0. The van der Waals surface area contributed by atoms with Crippen LogP contribution in [0.1, 0.15) is 23.6 Å². The van der Waals surface area contributed by atoms with E-state index in [-0.39, 0.29) is 17.8 Å². The Bertz CT molecular complexity index is 700. The molecule has 0 heterocycles. The minimum atomic E-state index is -0.353. The monoisotopic (exact) mass is 314 g/mol. The molecule has 2 rings (SSSR count). The van der Waals surface area contributed by atoms with Crippen molar-refractivity contribution in [1.29, 1.82) is 0 Å². The van der Waals surface area contributed by atoms with Crippen LogP contribution in [0.5, 0.6) is 0 Å². The molecule has 3 nitrogen and oxygen atoms in total. The van der Waals surface area contributed by atoms with Crippen molar-refractivity contribution in [2.45, 2.75) is 33.4 Å². The summed E-state index contributed by atoms with van der Waals surface area (Å²) in [5.41, 5.74) is 3.98. The number of nitrogens with one attached hydrogen (secondary N) is 1. The van der Waals surface area contributed by atoms with Crippen LogP contribution in [-0.2, 0) is 11.3 Å². The zero-order chi connectivity index (χ0) is 17.0. The summed E-state index contributed by atoms with van der Waals surface area (Å²) in [4.78, 5) is 14.1. The van der Waals surface area contributed by atoms with Gasteiger partial charge >= 0.3 is 0 Å². The maximum absolute atomic E-state index is 13.2. The highest BCUT2D eigenvalue weighted by molar-refractivity contribution is 5.84. The average Bonchev–Trinajstić information content (AvgIpc) is 2.50. The Labute approximate surface area is 137 Å². The minimum absolute atomic E-state index is 0.0323. The molecule has 0 radical (unpaired) electrons. The van der Waals surface area contributed by atoms with Crippen molar-refractivity contribution in [3.05, 3.63) is 65.0 Å². The van der Waals surface area contributed by atoms with Gasteiger partial charge in [-0.3, -0.25) is 4.79 Å². The lowest BCUT2D eigenvalue weighted by atomic mass is 10.1. The number of rotatable bonds is 5. The number of carbonyl (C=O) groups excluding carboxylic acids is 1. The van der Waals surface area contributed by atoms with E-state index in [2.05, 4.69) is 5.32 Å². The van der Waals surface area contributed by atoms with Crippen molar-refractivity contribution >= 4 is 11.6 Å². The van der Waals surface area contributed by atoms with Gasteiger partial charge in [-0.25, -0.2) is 4.39 Å². The first kappa shape index (κ1) is 17.0. The van der Waals surface area contributed by atoms with E-state index in [9.17, 15) is 9.18 Å². The molecule has 1 atom stereocenters. The second kappa shape index (κ2) is 7.27. The van der Waals surface area contributed by atoms with Crippen LogP contribution >= 0.6 is 0 Å². The van der Waals surface area contributed by atoms with Crippen molar-refractivity contribution < 1.29 is 9.18 Å². The van der Waals surface area contributed by atoms with E-state index in [1.807, 2.05) is 45.0 Å². The molecule has 0 aromatic heterocycles. The van der Waals surface area contributed by atoms with Gasteiger partial charge in [0.25, 0.3) is 0 Å². The summed E-state index contributed by atoms with van der Waals surface area (Å²) in [7, 11) is 1.73. The molecule has 2 aromatic rings. The van der Waals surface area contributed by atoms with E-state index in [4.69, 9.17) is 0 Å². The largest absolute Gasteiger partial charge is 0.374 e. The van der Waals surface area contributed by atoms with Crippen LogP contribution in [-0.4, -0.2) is 23.9 Å². The second-order valence-corrected chi connectivity index (χ2v) is 6.01. The minimum Gasteiger partial charge on any atom is -0.374 e. The summed E-state index contributed by atoms with van der Waals surface area (Å²) in [6, 6.07) is 12.1. The Balaban J connectivity index is 2.02. The molecular formula is C19H23FN2O. The summed E-state index contributed by atoms with van der Waals surface area (Å²) in [5, 5.41) is 3.26. The third kappa shape index (κ3) is 4.55. The summed E-state index contributed by atoms with van der Waals surface area (Å²) in [6.07, 6.45) is 0. The topological polar surface area (TPSA) is 32.3 Å². The van der Waals surface area contributed by atoms with Crippen LogP contribution in [0.25, 0.3) is 0 Å². The van der Waals surface area contributed by atoms with Gasteiger partial charge in [0.05, 0.1) is 0 Å². The van der Waals surface area contributed by atoms with Crippen molar-refractivity contribution in [3.63, 3.8) is 0 Å². The molecule has 0 spiro atoms. The van der Waals surface area contributed by atoms with Gasteiger partial charge in [-0.05, 0) is 55.7 Å². The third-order valence-corrected chi connectivity index (χ3v) is 3.82. The van der Waals surface area contributed by atoms with Gasteiger partial charge < -0.3 is 10.2 Å². The number of amides is 1. The normalized spacial score (nSPS) is 11.9. The van der Waals surface area contributed by atoms with Crippen LogP contribution in [0, 0.1) is 19.7 Å². The number of hydrogen-bond donors (Lipinski definition) is 1. The molecule has 0 saturated heterocycles. The Kier molecular flexibility index (Phi) is 5.37. The van der Waals surface area contributed by atoms with Crippen LogP contribution in [0.4, 0.5) is 10.1 Å². The van der Waals surface area contributed by atoms with Crippen LogP contribution < -0.4 is 5.32 Å². The molecule has 0 bridgehead atoms. The van der Waals surface area contributed by atoms with E-state index in [0.29, 0.717) is 6.54 Å². The lowest BCUT2D eigenvalue weighted by Gasteiger charge is -2.23. The Hall–Kier alpha value is -2.36. The molecule has 0 aliphatic rings. The smallest absolute Gasteiger partial charge is 0.244 e. The summed E-state index contributed by atoms with van der Waals surface area (Å²) in [6.45, 7) is 6.25. The fraction of sp³-hybridized carbons (Fsp3) is 0.316. The quantitative estimate of drug-likeness (QED) is 0.908. The lowest BCUT2D eigenvalue weighted by Crippen LogP contribution is -2.38. The number of hydrogen-bond acceptors (Lipinski definition) is 2. The van der Waals surface area contributed by atoms with Gasteiger partial charge in [0.15, 0.2) is 0 Å². The number of aryl methyl sites for hydroxylation is 2. The Morgan fingerprint density at radius 2 is 1.96 bits per heavy atom. The Morgan fingerprint density at radius 1 is 1.22 bits per heavy atom. The third-order valence-electron chi connectivity index (χ3n) is 3.82. The molecule has 2 aromatic carbocycles. The highest BCUT2D eigenvalue weighted by Crippen LogP contribution is 2.18. The molecule has 1 amide bonds. The molecule has 122 valence electrons. The summed E-state index contributed by atoms with van der Waals surface area (Å²) < 4.78 is 13.2. The molecule has 0 aliphatic heterocycles. The maximum atomic E-state index is 13.2. The Morgan fingerprint density at radius 3 is 2.65 bits per heavy atom. The predicted octanol–water partition coefficient (Wildman–Crippen LogP) is 3.90. The zero-order valence-corrected chi connectivity index (χ0v) is 14.1. The molecule has 0 saturated carbocycles. The first-order valence-corrected chi connectivity index (χ1v) is 7.70. The highest BCUT2D eigenvalue weighted by atomic mass is 19.1. The van der Waals surface area contributed by atoms with E-state index in [1.54, 1.807) is 18.0 Å².